The van der Waals surface area contributed by atoms with E-state index in [1.165, 1.54) is 13.8 Å². The average Bonchev–Trinajstić information content (AvgIpc) is 1.65. The van der Waals surface area contributed by atoms with E-state index in [4.69, 9.17) is 9.59 Å². The average molecular weight is 116 g/mol. The molecule has 0 unspecified atom stereocenters. The highest BCUT2D eigenvalue weighted by atomic mass is 16.2. The summed E-state index contributed by atoms with van der Waals surface area (Å²) in [6.07, 6.45) is 0.389. The smallest absolute Gasteiger partial charge is 0.182 e. The van der Waals surface area contributed by atoms with Crippen LogP contribution in [0.25, 0.3) is 0 Å². The summed E-state index contributed by atoms with van der Waals surface area (Å²) >= 11 is 0. The number of hydrogen-bond donors (Lipinski definition) is 0. The molecule has 0 fully saturated rings. The monoisotopic (exact) mass is 116 g/mol. The van der Waals surface area contributed by atoms with Crippen molar-refractivity contribution in [1.82, 2.24) is 0 Å². The first-order valence-electron chi connectivity index (χ1n) is 2.01. The molecule has 0 aromatic rings. The van der Waals surface area contributed by atoms with Crippen LogP contribution in [0.1, 0.15) is 13.8 Å². The molecule has 0 aliphatic heterocycles. The van der Waals surface area contributed by atoms with Gasteiger partial charge in [-0.25, -0.2) is 0 Å². The first-order chi connectivity index (χ1) is 3.65. The molecule has 0 aromatic carbocycles. The molecule has 0 atom stereocenters. The Morgan fingerprint density at radius 1 is 1.12 bits per heavy atom. The molecular weight excluding hydrogens is 108 g/mol. The maximum Gasteiger partial charge on any atom is 0.182 e. The lowest BCUT2D eigenvalue weighted by Crippen LogP contribution is -1.69. The lowest BCUT2D eigenvalue weighted by atomic mass is 10.6. The van der Waals surface area contributed by atoms with E-state index in [1.54, 1.807) is 0 Å². The van der Waals surface area contributed by atoms with Crippen LogP contribution in [0.3, 0.4) is 0 Å². The zero-order chi connectivity index (χ0) is 6.99. The van der Waals surface area contributed by atoms with Crippen molar-refractivity contribution in [3.8, 4) is 0 Å². The molecule has 0 heterocycles. The van der Waals surface area contributed by atoms with Crippen molar-refractivity contribution in [1.29, 1.82) is 0 Å². The largest absolute Gasteiger partial charge is 0.300 e. The normalized spacial score (nSPS) is 5.75. The van der Waals surface area contributed by atoms with Gasteiger partial charge in [0.1, 0.15) is 5.78 Å². The SMILES string of the molecule is CC(C)=O.O=CC=O. The van der Waals surface area contributed by atoms with Gasteiger partial charge >= 0.3 is 0 Å². The summed E-state index contributed by atoms with van der Waals surface area (Å²) in [5, 5.41) is 0. The number of hydrogen-bond acceptors (Lipinski definition) is 3. The zero-order valence-electron chi connectivity index (χ0n) is 4.88. The molecule has 0 aliphatic carbocycles. The molecule has 0 aliphatic rings. The summed E-state index contributed by atoms with van der Waals surface area (Å²) < 4.78 is 0. The molecule has 8 heavy (non-hydrogen) atoms. The minimum atomic E-state index is 0.167. The molecular formula is C5H8O3. The summed E-state index contributed by atoms with van der Waals surface area (Å²) in [6.45, 7) is 3.06. The van der Waals surface area contributed by atoms with Gasteiger partial charge in [0.15, 0.2) is 12.6 Å². The van der Waals surface area contributed by atoms with E-state index in [9.17, 15) is 4.79 Å². The van der Waals surface area contributed by atoms with Crippen LogP contribution in [0.4, 0.5) is 0 Å². The second-order valence-corrected chi connectivity index (χ2v) is 1.18. The third-order valence-corrected chi connectivity index (χ3v) is 0.0556. The molecule has 3 nitrogen and oxygen atoms in total. The molecule has 0 saturated carbocycles. The molecule has 0 aromatic heterocycles. The third kappa shape index (κ3) is 806000. The molecule has 3 heteroatoms. The Labute approximate surface area is 47.7 Å². The number of carbonyl (C=O) groups is 3. The fourth-order valence-electron chi connectivity index (χ4n) is 0. The molecule has 46 valence electrons. The van der Waals surface area contributed by atoms with Gasteiger partial charge < -0.3 is 4.79 Å². The first-order valence-corrected chi connectivity index (χ1v) is 2.01. The van der Waals surface area contributed by atoms with Gasteiger partial charge in [0.2, 0.25) is 0 Å². The third-order valence-electron chi connectivity index (χ3n) is 0.0556. The van der Waals surface area contributed by atoms with E-state index < -0.39 is 0 Å². The number of Topliss-reactive ketones (excluding diaryl/α,β-unsaturated/α-hetero) is 1. The summed E-state index contributed by atoms with van der Waals surface area (Å²) in [5.74, 6) is 0.167. The predicted molar refractivity (Wildman–Crippen MR) is 28.5 cm³/mol. The van der Waals surface area contributed by atoms with E-state index in [1.807, 2.05) is 0 Å². The van der Waals surface area contributed by atoms with Crippen molar-refractivity contribution in [2.75, 3.05) is 0 Å². The van der Waals surface area contributed by atoms with E-state index in [2.05, 4.69) is 0 Å². The van der Waals surface area contributed by atoms with Crippen molar-refractivity contribution in [3.63, 3.8) is 0 Å². The van der Waals surface area contributed by atoms with Crippen LogP contribution in [-0.2, 0) is 14.4 Å². The Bertz CT molecular complexity index is 75.7. The Kier molecular flexibility index (Phi) is 11.8. The van der Waals surface area contributed by atoms with Gasteiger partial charge in [0.05, 0.1) is 0 Å². The number of ketones is 1. The molecule has 0 saturated heterocycles. The van der Waals surface area contributed by atoms with Crippen LogP contribution < -0.4 is 0 Å². The van der Waals surface area contributed by atoms with Crippen molar-refractivity contribution in [3.05, 3.63) is 0 Å². The van der Waals surface area contributed by atoms with Crippen LogP contribution >= 0.6 is 0 Å². The van der Waals surface area contributed by atoms with Crippen molar-refractivity contribution >= 4 is 18.4 Å². The van der Waals surface area contributed by atoms with Gasteiger partial charge in [-0.1, -0.05) is 0 Å². The highest BCUT2D eigenvalue weighted by Gasteiger charge is 1.62. The quantitative estimate of drug-likeness (QED) is 0.357. The van der Waals surface area contributed by atoms with E-state index in [0.717, 1.165) is 0 Å². The van der Waals surface area contributed by atoms with Crippen molar-refractivity contribution in [2.45, 2.75) is 13.8 Å². The van der Waals surface area contributed by atoms with Crippen LogP contribution in [0, 0.1) is 0 Å². The van der Waals surface area contributed by atoms with E-state index in [-0.39, 0.29) is 18.4 Å². The van der Waals surface area contributed by atoms with Crippen LogP contribution in [0.2, 0.25) is 0 Å². The van der Waals surface area contributed by atoms with Crippen molar-refractivity contribution in [2.24, 2.45) is 0 Å². The maximum atomic E-state index is 9.44. The highest BCUT2D eigenvalue weighted by Crippen LogP contribution is 1.50. The fourth-order valence-corrected chi connectivity index (χ4v) is 0. The fraction of sp³-hybridized carbons (Fsp3) is 0.400. The second-order valence-electron chi connectivity index (χ2n) is 1.18. The van der Waals surface area contributed by atoms with E-state index in [0.29, 0.717) is 0 Å². The Morgan fingerprint density at radius 2 is 1.25 bits per heavy atom. The minimum absolute atomic E-state index is 0.167. The standard InChI is InChI=1S/C3H6O.C2H2O2/c1-3(2)4;3-1-2-4/h1-2H3;1-2H. The van der Waals surface area contributed by atoms with Gasteiger partial charge in [-0.3, -0.25) is 9.59 Å². The number of carbonyl (C=O) groups excluding carboxylic acids is 3. The zero-order valence-corrected chi connectivity index (χ0v) is 4.88. The minimum Gasteiger partial charge on any atom is -0.300 e. The molecule has 0 bridgehead atoms. The maximum absolute atomic E-state index is 9.44. The first kappa shape index (κ1) is 10.1. The Hall–Kier alpha value is -0.990. The van der Waals surface area contributed by atoms with Gasteiger partial charge in [0.25, 0.3) is 0 Å². The Morgan fingerprint density at radius 3 is 1.25 bits per heavy atom. The molecule has 0 N–H and O–H groups in total. The number of aldehydes is 2. The van der Waals surface area contributed by atoms with Crippen LogP contribution in [-0.4, -0.2) is 18.4 Å². The van der Waals surface area contributed by atoms with Gasteiger partial charge in [-0.2, -0.15) is 0 Å². The molecule has 0 radical (unpaired) electrons. The number of rotatable bonds is 1. The predicted octanol–water partition coefficient (Wildman–Crippen LogP) is -0.0205. The summed E-state index contributed by atoms with van der Waals surface area (Å²) in [7, 11) is 0. The second kappa shape index (κ2) is 9.38. The molecule has 0 amide bonds. The lowest BCUT2D eigenvalue weighted by molar-refractivity contribution is -0.122. The topological polar surface area (TPSA) is 51.2 Å². The Balaban J connectivity index is 0. The molecule has 0 rings (SSSR count). The van der Waals surface area contributed by atoms with Gasteiger partial charge in [-0.05, 0) is 13.8 Å². The summed E-state index contributed by atoms with van der Waals surface area (Å²) in [6, 6.07) is 0. The van der Waals surface area contributed by atoms with Crippen molar-refractivity contribution < 1.29 is 14.4 Å². The molecule has 0 spiro atoms. The van der Waals surface area contributed by atoms with Gasteiger partial charge in [0, 0.05) is 0 Å². The van der Waals surface area contributed by atoms with Crippen LogP contribution in [0.5, 0.6) is 0 Å². The van der Waals surface area contributed by atoms with Gasteiger partial charge in [-0.15, -0.1) is 0 Å². The van der Waals surface area contributed by atoms with Crippen LogP contribution in [0.15, 0.2) is 0 Å². The summed E-state index contributed by atoms with van der Waals surface area (Å²) in [4.78, 5) is 27.1. The lowest BCUT2D eigenvalue weighted by Gasteiger charge is -1.56. The van der Waals surface area contributed by atoms with E-state index >= 15 is 0 Å². The summed E-state index contributed by atoms with van der Waals surface area (Å²) in [5.41, 5.74) is 0. The highest BCUT2D eigenvalue weighted by molar-refractivity contribution is 6.09.